The van der Waals surface area contributed by atoms with Gasteiger partial charge in [-0.2, -0.15) is 0 Å². The van der Waals surface area contributed by atoms with E-state index in [2.05, 4.69) is 15.2 Å². The third kappa shape index (κ3) is 4.86. The van der Waals surface area contributed by atoms with Gasteiger partial charge in [-0.05, 0) is 49.2 Å². The maximum absolute atomic E-state index is 15.3. The number of pyridine rings is 1. The van der Waals surface area contributed by atoms with Gasteiger partial charge in [0.15, 0.2) is 10.1 Å². The number of rotatable bonds is 6. The van der Waals surface area contributed by atoms with E-state index in [0.29, 0.717) is 31.5 Å². The first-order chi connectivity index (χ1) is 20.2. The number of nitrogens with zero attached hydrogens (tertiary/aromatic N) is 5. The minimum atomic E-state index is -1.30. The Labute approximate surface area is 257 Å². The van der Waals surface area contributed by atoms with Crippen LogP contribution >= 0.6 is 46.3 Å². The molecule has 3 aromatic heterocycles. The Kier molecular flexibility index (Phi) is 7.52. The van der Waals surface area contributed by atoms with Crippen molar-refractivity contribution >= 4 is 74.5 Å². The Balaban J connectivity index is 1.43. The Morgan fingerprint density at radius 1 is 1.10 bits per heavy atom. The highest BCUT2D eigenvalue weighted by molar-refractivity contribution is 8.00. The Hall–Kier alpha value is -3.77. The second-order valence-electron chi connectivity index (χ2n) is 9.50. The maximum atomic E-state index is 15.3. The minimum Gasteiger partial charge on any atom is -0.505 e. The summed E-state index contributed by atoms with van der Waals surface area (Å²) in [6, 6.07) is 13.4. The lowest BCUT2D eigenvalue weighted by Crippen LogP contribution is -2.29. The number of ketones is 1. The molecule has 8 nitrogen and oxygen atoms in total. The molecular weight excluding hydrogens is 620 g/mol. The molecule has 212 valence electrons. The largest absolute Gasteiger partial charge is 0.505 e. The van der Waals surface area contributed by atoms with Gasteiger partial charge in [-0.25, -0.2) is 9.37 Å². The number of anilines is 1. The molecule has 2 aromatic carbocycles. The van der Waals surface area contributed by atoms with Crippen molar-refractivity contribution in [2.24, 2.45) is 0 Å². The Morgan fingerprint density at radius 3 is 2.62 bits per heavy atom. The topological polar surface area (TPSA) is 101 Å². The van der Waals surface area contributed by atoms with Gasteiger partial charge in [0, 0.05) is 27.6 Å². The summed E-state index contributed by atoms with van der Waals surface area (Å²) in [5.74, 6) is -2.64. The van der Waals surface area contributed by atoms with Crippen LogP contribution in [0.2, 0.25) is 10.0 Å². The van der Waals surface area contributed by atoms with Crippen molar-refractivity contribution in [1.82, 2.24) is 19.6 Å². The van der Waals surface area contributed by atoms with Crippen LogP contribution in [-0.2, 0) is 15.3 Å². The number of aryl methyl sites for hydroxylation is 2. The summed E-state index contributed by atoms with van der Waals surface area (Å²) in [7, 11) is 0. The lowest BCUT2D eigenvalue weighted by atomic mass is 9.96. The number of hydrogen-bond donors (Lipinski definition) is 1. The first-order valence-corrected chi connectivity index (χ1v) is 15.1. The van der Waals surface area contributed by atoms with Gasteiger partial charge in [-0.1, -0.05) is 76.6 Å². The summed E-state index contributed by atoms with van der Waals surface area (Å²) in [4.78, 5) is 32.7. The molecular formula is C29H20Cl2FN5O3S2. The molecule has 13 heteroatoms. The Bertz CT molecular complexity index is 1940. The number of aliphatic hydroxyl groups is 1. The van der Waals surface area contributed by atoms with Crippen LogP contribution in [0.5, 0.6) is 0 Å². The van der Waals surface area contributed by atoms with Crippen molar-refractivity contribution in [3.63, 3.8) is 0 Å². The summed E-state index contributed by atoms with van der Waals surface area (Å²) in [6.45, 7) is 3.61. The molecule has 4 heterocycles. The van der Waals surface area contributed by atoms with Gasteiger partial charge in [0.2, 0.25) is 5.13 Å². The second-order valence-corrected chi connectivity index (χ2v) is 12.5. The lowest BCUT2D eigenvalue weighted by molar-refractivity contribution is -0.132. The van der Waals surface area contributed by atoms with Crippen LogP contribution in [0.15, 0.2) is 70.7 Å². The van der Waals surface area contributed by atoms with Gasteiger partial charge < -0.3 is 9.51 Å². The fourth-order valence-corrected chi connectivity index (χ4v) is 7.26. The van der Waals surface area contributed by atoms with E-state index in [0.717, 1.165) is 27.4 Å². The molecule has 6 rings (SSSR count). The molecule has 0 saturated carbocycles. The number of Topliss-reactive ketones (excluding diaryl/α,β-unsaturated/α-hetero) is 1. The zero-order valence-corrected chi connectivity index (χ0v) is 25.2. The fraction of sp³-hybridized carbons (Fsp3) is 0.138. The quantitative estimate of drug-likeness (QED) is 0.0691. The van der Waals surface area contributed by atoms with Crippen molar-refractivity contribution in [2.45, 2.75) is 30.0 Å². The summed E-state index contributed by atoms with van der Waals surface area (Å²) >= 11 is 14.7. The molecule has 0 bridgehead atoms. The van der Waals surface area contributed by atoms with Crippen LogP contribution in [0.4, 0.5) is 9.52 Å². The van der Waals surface area contributed by atoms with E-state index in [1.807, 2.05) is 19.1 Å². The summed E-state index contributed by atoms with van der Waals surface area (Å²) in [6.07, 6.45) is 1.78. The number of amides is 1. The van der Waals surface area contributed by atoms with Crippen molar-refractivity contribution in [3.8, 4) is 0 Å². The normalized spacial score (nSPS) is 16.6. The first kappa shape index (κ1) is 28.4. The van der Waals surface area contributed by atoms with E-state index in [1.165, 1.54) is 30.0 Å². The van der Waals surface area contributed by atoms with Crippen LogP contribution < -0.4 is 4.90 Å². The predicted molar refractivity (Wildman–Crippen MR) is 162 cm³/mol. The molecule has 1 aliphatic rings. The smallest absolute Gasteiger partial charge is 0.301 e. The van der Waals surface area contributed by atoms with Crippen molar-refractivity contribution in [1.29, 1.82) is 0 Å². The highest BCUT2D eigenvalue weighted by Crippen LogP contribution is 2.45. The molecule has 1 saturated heterocycles. The number of fused-ring (bicyclic) bond motifs is 1. The van der Waals surface area contributed by atoms with Crippen LogP contribution in [-0.4, -0.2) is 36.4 Å². The number of carbonyl (C=O) groups is 2. The van der Waals surface area contributed by atoms with E-state index in [9.17, 15) is 14.7 Å². The van der Waals surface area contributed by atoms with Crippen LogP contribution in [0.1, 0.15) is 34.1 Å². The number of thioether (sulfide) groups is 1. The molecule has 0 aliphatic carbocycles. The highest BCUT2D eigenvalue weighted by Gasteiger charge is 2.49. The van der Waals surface area contributed by atoms with Gasteiger partial charge in [-0.3, -0.25) is 14.5 Å². The molecule has 1 N–H and O–H groups in total. The molecule has 42 heavy (non-hydrogen) atoms. The zero-order valence-electron chi connectivity index (χ0n) is 22.0. The standard InChI is InChI=1S/C29H20Cl2FN5O3S2/c1-14-6-5-11-36-15(2)22(33-26(14)36)24(38)21-23(18-7-3-4-8-20(18)32)37(27(40)25(21)39)28-34-35-29(42-28)41-13-16-9-10-17(30)12-19(16)31/h3-12,23,38H,13H2,1-2H3/b24-21+. The van der Waals surface area contributed by atoms with E-state index < -0.39 is 29.3 Å². The molecule has 1 unspecified atom stereocenters. The minimum absolute atomic E-state index is 0.0215. The SMILES string of the molecule is Cc1cccn2c(C)c(/C(O)=C3\C(=O)C(=O)N(c4nnc(SCc5ccc(Cl)cc5Cl)s4)C3c3ccccc3F)nc12. The van der Waals surface area contributed by atoms with Crippen molar-refractivity contribution in [2.75, 3.05) is 4.90 Å². The molecule has 1 atom stereocenters. The number of hydrogen-bond acceptors (Lipinski definition) is 8. The number of aromatic nitrogens is 4. The van der Waals surface area contributed by atoms with E-state index >= 15 is 4.39 Å². The van der Waals surface area contributed by atoms with Crippen LogP contribution in [0.3, 0.4) is 0 Å². The van der Waals surface area contributed by atoms with E-state index in [-0.39, 0.29) is 22.0 Å². The van der Waals surface area contributed by atoms with Gasteiger partial charge >= 0.3 is 5.91 Å². The highest BCUT2D eigenvalue weighted by atomic mass is 35.5. The van der Waals surface area contributed by atoms with E-state index in [1.54, 1.807) is 41.8 Å². The zero-order chi connectivity index (χ0) is 29.7. The third-order valence-electron chi connectivity index (χ3n) is 6.92. The number of benzene rings is 2. The first-order valence-electron chi connectivity index (χ1n) is 12.6. The second kappa shape index (κ2) is 11.1. The Morgan fingerprint density at radius 2 is 1.88 bits per heavy atom. The molecule has 5 aromatic rings. The number of aliphatic hydroxyl groups excluding tert-OH is 1. The average molecular weight is 641 g/mol. The molecule has 1 amide bonds. The number of imidazole rings is 1. The van der Waals surface area contributed by atoms with E-state index in [4.69, 9.17) is 23.2 Å². The van der Waals surface area contributed by atoms with Crippen molar-refractivity contribution < 1.29 is 19.1 Å². The number of carbonyl (C=O) groups excluding carboxylic acids is 2. The van der Waals surface area contributed by atoms with Gasteiger partial charge in [0.1, 0.15) is 23.2 Å². The van der Waals surface area contributed by atoms with Crippen LogP contribution in [0.25, 0.3) is 11.4 Å². The monoisotopic (exact) mass is 639 g/mol. The fourth-order valence-electron chi connectivity index (χ4n) is 4.83. The van der Waals surface area contributed by atoms with Gasteiger partial charge in [-0.15, -0.1) is 10.2 Å². The maximum Gasteiger partial charge on any atom is 0.301 e. The van der Waals surface area contributed by atoms with Gasteiger partial charge in [0.25, 0.3) is 5.78 Å². The molecule has 0 spiro atoms. The van der Waals surface area contributed by atoms with Crippen LogP contribution in [0, 0.1) is 19.7 Å². The van der Waals surface area contributed by atoms with Gasteiger partial charge in [0.05, 0.1) is 11.3 Å². The predicted octanol–water partition coefficient (Wildman–Crippen LogP) is 7.17. The summed E-state index contributed by atoms with van der Waals surface area (Å²) in [5.41, 5.74) is 2.67. The van der Waals surface area contributed by atoms with Crippen molar-refractivity contribution in [3.05, 3.63) is 110 Å². The molecule has 1 aliphatic heterocycles. The summed E-state index contributed by atoms with van der Waals surface area (Å²) < 4.78 is 17.5. The average Bonchev–Trinajstić information content (AvgIpc) is 3.64. The third-order valence-corrected chi connectivity index (χ3v) is 9.61. The number of halogens is 3. The summed E-state index contributed by atoms with van der Waals surface area (Å²) in [5, 5.41) is 21.0. The molecule has 0 radical (unpaired) electrons. The lowest BCUT2D eigenvalue weighted by Gasteiger charge is -2.22. The molecule has 1 fully saturated rings.